The Morgan fingerprint density at radius 1 is 0.309 bits per heavy atom. The van der Waals surface area contributed by atoms with Crippen molar-refractivity contribution in [2.45, 2.75) is 290 Å². The van der Waals surface area contributed by atoms with Crippen molar-refractivity contribution in [3.8, 4) is 0 Å². The summed E-state index contributed by atoms with van der Waals surface area (Å²) in [7, 11) is 0. The summed E-state index contributed by atoms with van der Waals surface area (Å²) in [5, 5.41) is 0. The van der Waals surface area contributed by atoms with Gasteiger partial charge in [-0.1, -0.05) is 267 Å². The van der Waals surface area contributed by atoms with Gasteiger partial charge in [-0.2, -0.15) is 0 Å². The van der Waals surface area contributed by atoms with Crippen LogP contribution in [0.4, 0.5) is 0 Å². The predicted molar refractivity (Wildman–Crippen MR) is 293 cm³/mol. The van der Waals surface area contributed by atoms with Crippen molar-refractivity contribution >= 4 is 17.9 Å². The van der Waals surface area contributed by atoms with Gasteiger partial charge in [-0.3, -0.25) is 14.4 Å². The predicted octanol–water partition coefficient (Wildman–Crippen LogP) is 19.4. The van der Waals surface area contributed by atoms with Crippen LogP contribution in [0.25, 0.3) is 0 Å². The minimum Gasteiger partial charge on any atom is -0.462 e. The van der Waals surface area contributed by atoms with E-state index in [0.717, 1.165) is 96.3 Å². The van der Waals surface area contributed by atoms with Crippen molar-refractivity contribution in [1.82, 2.24) is 0 Å². The fraction of sp³-hybridized carbons (Fsp3) is 0.758. The smallest absolute Gasteiger partial charge is 0.306 e. The summed E-state index contributed by atoms with van der Waals surface area (Å²) in [6.45, 7) is 6.50. The van der Waals surface area contributed by atoms with E-state index >= 15 is 0 Å². The lowest BCUT2D eigenvalue weighted by molar-refractivity contribution is -0.167. The van der Waals surface area contributed by atoms with E-state index in [2.05, 4.69) is 93.7 Å². The largest absolute Gasteiger partial charge is 0.462 e. The van der Waals surface area contributed by atoms with E-state index in [4.69, 9.17) is 14.2 Å². The van der Waals surface area contributed by atoms with Gasteiger partial charge in [0.15, 0.2) is 6.10 Å². The molecule has 6 heteroatoms. The second-order valence-corrected chi connectivity index (χ2v) is 19.2. The summed E-state index contributed by atoms with van der Waals surface area (Å²) in [5.74, 6) is -0.870. The maximum Gasteiger partial charge on any atom is 0.306 e. The molecule has 1 unspecified atom stereocenters. The van der Waals surface area contributed by atoms with E-state index in [9.17, 15) is 14.4 Å². The Kier molecular flexibility index (Phi) is 53.8. The lowest BCUT2D eigenvalue weighted by Gasteiger charge is -2.18. The van der Waals surface area contributed by atoms with Gasteiger partial charge in [0, 0.05) is 19.3 Å². The fourth-order valence-corrected chi connectivity index (χ4v) is 8.15. The van der Waals surface area contributed by atoms with Gasteiger partial charge in [-0.25, -0.2) is 0 Å². The number of ether oxygens (including phenoxy) is 3. The molecule has 0 saturated heterocycles. The van der Waals surface area contributed by atoms with Crippen molar-refractivity contribution in [1.29, 1.82) is 0 Å². The molecule has 0 amide bonds. The van der Waals surface area contributed by atoms with Crippen LogP contribution in [0.1, 0.15) is 284 Å². The van der Waals surface area contributed by atoms with E-state index in [1.54, 1.807) is 0 Å². The summed E-state index contributed by atoms with van der Waals surface area (Å²) in [4.78, 5) is 37.9. The number of carbonyl (C=O) groups excluding carboxylic acids is 3. The topological polar surface area (TPSA) is 78.9 Å². The Labute approximate surface area is 421 Å². The molecular formula is C62H108O6. The zero-order valence-corrected chi connectivity index (χ0v) is 44.9. The van der Waals surface area contributed by atoms with E-state index in [0.29, 0.717) is 19.3 Å². The average molecular weight is 950 g/mol. The molecule has 0 aliphatic heterocycles. The highest BCUT2D eigenvalue weighted by Gasteiger charge is 2.19. The Hall–Kier alpha value is -3.15. The third-order valence-corrected chi connectivity index (χ3v) is 12.5. The van der Waals surface area contributed by atoms with Gasteiger partial charge in [0.2, 0.25) is 0 Å². The number of rotatable bonds is 52. The van der Waals surface area contributed by atoms with E-state index in [1.807, 2.05) is 0 Å². The van der Waals surface area contributed by atoms with E-state index in [-0.39, 0.29) is 31.1 Å². The number of carbonyl (C=O) groups is 3. The van der Waals surface area contributed by atoms with Crippen LogP contribution < -0.4 is 0 Å². The van der Waals surface area contributed by atoms with Gasteiger partial charge in [-0.05, 0) is 70.6 Å². The molecule has 0 aliphatic carbocycles. The van der Waals surface area contributed by atoms with Crippen LogP contribution in [0, 0.1) is 0 Å². The molecule has 0 N–H and O–H groups in total. The Bertz CT molecular complexity index is 1270. The van der Waals surface area contributed by atoms with Gasteiger partial charge in [-0.15, -0.1) is 0 Å². The first-order valence-corrected chi connectivity index (χ1v) is 28.9. The van der Waals surface area contributed by atoms with Crippen molar-refractivity contribution in [2.24, 2.45) is 0 Å². The Morgan fingerprint density at radius 3 is 0.897 bits per heavy atom. The molecule has 1 atom stereocenters. The van der Waals surface area contributed by atoms with Crippen LogP contribution in [-0.2, 0) is 28.6 Å². The molecular weight excluding hydrogens is 841 g/mol. The molecule has 0 aromatic carbocycles. The number of hydrogen-bond donors (Lipinski definition) is 0. The summed E-state index contributed by atoms with van der Waals surface area (Å²) >= 11 is 0. The van der Waals surface area contributed by atoms with Gasteiger partial charge in [0.05, 0.1) is 0 Å². The van der Waals surface area contributed by atoms with Gasteiger partial charge in [0.25, 0.3) is 0 Å². The molecule has 0 aromatic rings. The van der Waals surface area contributed by atoms with Crippen LogP contribution in [0.2, 0.25) is 0 Å². The standard InChI is InChI=1S/C62H108O6/c1-4-7-10-13-16-19-21-22-23-24-25-26-27-28-29-30-31-32-33-34-35-36-37-38-39-40-41-44-46-49-52-55-61(64)67-58-59(57-66-60(63)54-51-48-45-42-18-15-12-9-6-3)68-62(65)56-53-50-47-43-20-17-14-11-8-5-2/h7,10,16,19,22-23,25-26,28-29,31-32,59H,4-6,8-9,11-15,17-18,20-21,24,27,30,33-58H2,1-3H3/b10-7-,19-16-,23-22-,26-25-,29-28-,32-31-. The highest BCUT2D eigenvalue weighted by Crippen LogP contribution is 2.16. The van der Waals surface area contributed by atoms with Crippen LogP contribution in [-0.4, -0.2) is 37.2 Å². The molecule has 392 valence electrons. The summed E-state index contributed by atoms with van der Waals surface area (Å²) in [5.41, 5.74) is 0. The lowest BCUT2D eigenvalue weighted by Crippen LogP contribution is -2.30. The van der Waals surface area contributed by atoms with Crippen molar-refractivity contribution in [3.05, 3.63) is 72.9 Å². The third kappa shape index (κ3) is 53.8. The summed E-state index contributed by atoms with van der Waals surface area (Å²) < 4.78 is 16.8. The first kappa shape index (κ1) is 64.8. The molecule has 6 nitrogen and oxygen atoms in total. The maximum atomic E-state index is 12.7. The zero-order valence-electron chi connectivity index (χ0n) is 44.9. The molecule has 0 fully saturated rings. The number of esters is 3. The second kappa shape index (κ2) is 56.4. The lowest BCUT2D eigenvalue weighted by atomic mass is 10.0. The van der Waals surface area contributed by atoms with Crippen molar-refractivity contribution < 1.29 is 28.6 Å². The van der Waals surface area contributed by atoms with Gasteiger partial charge in [0.1, 0.15) is 13.2 Å². The van der Waals surface area contributed by atoms with Gasteiger partial charge < -0.3 is 14.2 Å². The highest BCUT2D eigenvalue weighted by atomic mass is 16.6. The Balaban J connectivity index is 4.06. The normalized spacial score (nSPS) is 12.6. The molecule has 0 aromatic heterocycles. The van der Waals surface area contributed by atoms with Crippen LogP contribution in [0.15, 0.2) is 72.9 Å². The summed E-state index contributed by atoms with van der Waals surface area (Å²) in [6.07, 6.45) is 72.0. The molecule has 0 aliphatic rings. The van der Waals surface area contributed by atoms with Crippen LogP contribution in [0.3, 0.4) is 0 Å². The molecule has 0 spiro atoms. The number of hydrogen-bond acceptors (Lipinski definition) is 6. The maximum absolute atomic E-state index is 12.7. The van der Waals surface area contributed by atoms with Crippen molar-refractivity contribution in [2.75, 3.05) is 13.2 Å². The number of allylic oxidation sites excluding steroid dienone is 12. The van der Waals surface area contributed by atoms with Crippen LogP contribution >= 0.6 is 0 Å². The first-order chi connectivity index (χ1) is 33.5. The van der Waals surface area contributed by atoms with Crippen LogP contribution in [0.5, 0.6) is 0 Å². The first-order valence-electron chi connectivity index (χ1n) is 28.9. The monoisotopic (exact) mass is 949 g/mol. The SMILES string of the molecule is CC/C=C\C/C=C\C/C=C\C/C=C\C/C=C\C/C=C\CCCCCCCCCCCCCCC(=O)OCC(COC(=O)CCCCCCCCCCC)OC(=O)CCCCCCCCCCCC. The quantitative estimate of drug-likeness (QED) is 0.0262. The fourth-order valence-electron chi connectivity index (χ4n) is 8.15. The van der Waals surface area contributed by atoms with E-state index in [1.165, 1.54) is 148 Å². The molecule has 68 heavy (non-hydrogen) atoms. The zero-order chi connectivity index (χ0) is 49.3. The Morgan fingerprint density at radius 2 is 0.574 bits per heavy atom. The molecule has 0 rings (SSSR count). The number of unbranched alkanes of at least 4 members (excludes halogenated alkanes) is 29. The molecule has 0 saturated carbocycles. The minimum absolute atomic E-state index is 0.0710. The van der Waals surface area contributed by atoms with Crippen molar-refractivity contribution in [3.63, 3.8) is 0 Å². The van der Waals surface area contributed by atoms with E-state index < -0.39 is 6.10 Å². The minimum atomic E-state index is -0.769. The third-order valence-electron chi connectivity index (χ3n) is 12.5. The second-order valence-electron chi connectivity index (χ2n) is 19.2. The molecule has 0 bridgehead atoms. The average Bonchev–Trinajstić information content (AvgIpc) is 3.34. The highest BCUT2D eigenvalue weighted by molar-refractivity contribution is 5.71. The van der Waals surface area contributed by atoms with Gasteiger partial charge >= 0.3 is 17.9 Å². The summed E-state index contributed by atoms with van der Waals surface area (Å²) in [6, 6.07) is 0. The molecule has 0 heterocycles. The molecule has 0 radical (unpaired) electrons.